The number of carbonyl (C=O) groups is 1. The number of benzene rings is 2. The molecule has 0 radical (unpaired) electrons. The average molecular weight is 403 g/mol. The molecule has 0 atom stereocenters. The molecule has 27 heavy (non-hydrogen) atoms. The molecule has 2 aromatic carbocycles. The fourth-order valence-corrected chi connectivity index (χ4v) is 2.99. The van der Waals surface area contributed by atoms with Crippen LogP contribution in [0.4, 0.5) is 0 Å². The molecular formula is C20H19ClN2O3S. The number of ether oxygens (including phenoxy) is 2. The van der Waals surface area contributed by atoms with Gasteiger partial charge in [-0.3, -0.25) is 9.69 Å². The molecule has 0 spiro atoms. The summed E-state index contributed by atoms with van der Waals surface area (Å²) in [7, 11) is 5.02. The minimum Gasteiger partial charge on any atom is -0.493 e. The lowest BCUT2D eigenvalue weighted by Gasteiger charge is -2.13. The normalized spacial score (nSPS) is 15.6. The molecule has 1 saturated heterocycles. The number of methoxy groups -OCH3 is 1. The summed E-state index contributed by atoms with van der Waals surface area (Å²) in [6.07, 6.45) is 1.78. The third-order valence-corrected chi connectivity index (χ3v) is 5.06. The second-order valence-electron chi connectivity index (χ2n) is 6.06. The van der Waals surface area contributed by atoms with Crippen LogP contribution >= 0.6 is 23.8 Å². The van der Waals surface area contributed by atoms with Gasteiger partial charge in [0.15, 0.2) is 16.6 Å². The first-order valence-corrected chi connectivity index (χ1v) is 9.02. The fraction of sp³-hybridized carbons (Fsp3) is 0.200. The summed E-state index contributed by atoms with van der Waals surface area (Å²) in [4.78, 5) is 15.4. The predicted octanol–water partition coefficient (Wildman–Crippen LogP) is 3.96. The largest absolute Gasteiger partial charge is 0.493 e. The minimum atomic E-state index is -0.135. The van der Waals surface area contributed by atoms with Crippen molar-refractivity contribution in [1.29, 1.82) is 0 Å². The van der Waals surface area contributed by atoms with Crippen molar-refractivity contribution < 1.29 is 14.3 Å². The van der Waals surface area contributed by atoms with Crippen LogP contribution in [0.15, 0.2) is 48.2 Å². The molecule has 0 saturated carbocycles. The van der Waals surface area contributed by atoms with E-state index in [0.29, 0.717) is 33.9 Å². The summed E-state index contributed by atoms with van der Waals surface area (Å²) in [5.74, 6) is 1.07. The van der Waals surface area contributed by atoms with E-state index < -0.39 is 0 Å². The molecule has 2 aromatic rings. The van der Waals surface area contributed by atoms with Gasteiger partial charge in [-0.2, -0.15) is 0 Å². The van der Waals surface area contributed by atoms with E-state index in [1.165, 1.54) is 4.90 Å². The standard InChI is InChI=1S/C20H19ClN2O3S/c1-22-16(19(24)23(2)20(22)27)10-14-6-9-17(18(11-14)25-3)26-12-13-4-7-15(21)8-5-13/h4-11H,12H2,1-3H3/b16-10-. The number of rotatable bonds is 5. The number of nitrogens with zero attached hydrogens (tertiary/aromatic N) is 2. The van der Waals surface area contributed by atoms with Crippen LogP contribution in [-0.2, 0) is 11.4 Å². The lowest BCUT2D eigenvalue weighted by molar-refractivity contribution is -0.121. The van der Waals surface area contributed by atoms with Crippen molar-refractivity contribution in [3.63, 3.8) is 0 Å². The van der Waals surface area contributed by atoms with E-state index in [2.05, 4.69) is 0 Å². The molecule has 3 rings (SSSR count). The molecule has 0 aromatic heterocycles. The second-order valence-corrected chi connectivity index (χ2v) is 6.86. The smallest absolute Gasteiger partial charge is 0.276 e. The Morgan fingerprint density at radius 3 is 2.37 bits per heavy atom. The van der Waals surface area contributed by atoms with Crippen LogP contribution in [-0.4, -0.2) is 42.0 Å². The van der Waals surface area contributed by atoms with Crippen molar-refractivity contribution in [2.24, 2.45) is 0 Å². The number of carbonyl (C=O) groups excluding carboxylic acids is 1. The van der Waals surface area contributed by atoms with Gasteiger partial charge in [0.2, 0.25) is 0 Å². The molecule has 7 heteroatoms. The van der Waals surface area contributed by atoms with E-state index in [1.807, 2.05) is 42.5 Å². The van der Waals surface area contributed by atoms with Gasteiger partial charge in [0.05, 0.1) is 7.11 Å². The Morgan fingerprint density at radius 2 is 1.78 bits per heavy atom. The van der Waals surface area contributed by atoms with Crippen molar-refractivity contribution in [2.45, 2.75) is 6.61 Å². The molecule has 1 amide bonds. The molecule has 0 N–H and O–H groups in total. The van der Waals surface area contributed by atoms with E-state index >= 15 is 0 Å². The van der Waals surface area contributed by atoms with E-state index in [4.69, 9.17) is 33.3 Å². The quantitative estimate of drug-likeness (QED) is 0.559. The Bertz CT molecular complexity index is 912. The number of likely N-dealkylation sites (N-methyl/N-ethyl adjacent to an activating group) is 2. The van der Waals surface area contributed by atoms with Crippen LogP contribution in [0, 0.1) is 0 Å². The molecule has 1 aliphatic heterocycles. The zero-order valence-electron chi connectivity index (χ0n) is 15.2. The van der Waals surface area contributed by atoms with Crippen LogP contribution in [0.25, 0.3) is 6.08 Å². The van der Waals surface area contributed by atoms with E-state index in [9.17, 15) is 4.79 Å². The Balaban J connectivity index is 1.80. The molecule has 1 heterocycles. The zero-order valence-corrected chi connectivity index (χ0v) is 16.8. The van der Waals surface area contributed by atoms with Gasteiger partial charge in [-0.1, -0.05) is 29.8 Å². The van der Waals surface area contributed by atoms with Crippen LogP contribution in [0.2, 0.25) is 5.02 Å². The second kappa shape index (κ2) is 7.98. The molecule has 1 aliphatic rings. The Hall–Kier alpha value is -2.57. The zero-order chi connectivity index (χ0) is 19.6. The van der Waals surface area contributed by atoms with Crippen molar-refractivity contribution in [3.05, 3.63) is 64.3 Å². The molecule has 140 valence electrons. The number of hydrogen-bond acceptors (Lipinski definition) is 4. The number of thiocarbonyl (C=S) groups is 1. The van der Waals surface area contributed by atoms with Crippen molar-refractivity contribution >= 4 is 40.9 Å². The van der Waals surface area contributed by atoms with E-state index in [1.54, 1.807) is 32.2 Å². The van der Waals surface area contributed by atoms with Crippen molar-refractivity contribution in [2.75, 3.05) is 21.2 Å². The van der Waals surface area contributed by atoms with E-state index in [-0.39, 0.29) is 5.91 Å². The highest BCUT2D eigenvalue weighted by Gasteiger charge is 2.32. The highest BCUT2D eigenvalue weighted by atomic mass is 35.5. The highest BCUT2D eigenvalue weighted by molar-refractivity contribution is 7.80. The first kappa shape index (κ1) is 19.2. The Labute approximate surface area is 168 Å². The molecule has 0 bridgehead atoms. The first-order chi connectivity index (χ1) is 12.9. The van der Waals surface area contributed by atoms with E-state index in [0.717, 1.165) is 11.1 Å². The van der Waals surface area contributed by atoms with Gasteiger partial charge in [0.1, 0.15) is 12.3 Å². The summed E-state index contributed by atoms with van der Waals surface area (Å²) in [5, 5.41) is 1.16. The first-order valence-electron chi connectivity index (χ1n) is 8.23. The predicted molar refractivity (Wildman–Crippen MR) is 110 cm³/mol. The Kier molecular flexibility index (Phi) is 5.68. The summed E-state index contributed by atoms with van der Waals surface area (Å²) in [5.41, 5.74) is 2.33. The average Bonchev–Trinajstić information content (AvgIpc) is 2.86. The summed E-state index contributed by atoms with van der Waals surface area (Å²) >= 11 is 11.1. The summed E-state index contributed by atoms with van der Waals surface area (Å²) in [6.45, 7) is 0.397. The fourth-order valence-electron chi connectivity index (χ4n) is 2.68. The van der Waals surface area contributed by atoms with Gasteiger partial charge in [-0.25, -0.2) is 0 Å². The van der Waals surface area contributed by atoms with Crippen LogP contribution in [0.3, 0.4) is 0 Å². The maximum absolute atomic E-state index is 12.3. The van der Waals surface area contributed by atoms with Crippen LogP contribution in [0.5, 0.6) is 11.5 Å². The number of hydrogen-bond donors (Lipinski definition) is 0. The van der Waals surface area contributed by atoms with Crippen LogP contribution in [0.1, 0.15) is 11.1 Å². The lowest BCUT2D eigenvalue weighted by Crippen LogP contribution is -2.26. The monoisotopic (exact) mass is 402 g/mol. The van der Waals surface area contributed by atoms with Crippen LogP contribution < -0.4 is 9.47 Å². The highest BCUT2D eigenvalue weighted by Crippen LogP contribution is 2.31. The van der Waals surface area contributed by atoms with Crippen molar-refractivity contribution in [1.82, 2.24) is 9.80 Å². The van der Waals surface area contributed by atoms with Crippen molar-refractivity contribution in [3.8, 4) is 11.5 Å². The van der Waals surface area contributed by atoms with Gasteiger partial charge in [-0.15, -0.1) is 0 Å². The van der Waals surface area contributed by atoms with Gasteiger partial charge in [0, 0.05) is 19.1 Å². The molecule has 1 fully saturated rings. The lowest BCUT2D eigenvalue weighted by atomic mass is 10.1. The number of halogens is 1. The Morgan fingerprint density at radius 1 is 1.07 bits per heavy atom. The molecule has 0 unspecified atom stereocenters. The molecule has 5 nitrogen and oxygen atoms in total. The minimum absolute atomic E-state index is 0.135. The van der Waals surface area contributed by atoms with Gasteiger partial charge in [-0.05, 0) is 53.7 Å². The van der Waals surface area contributed by atoms with Gasteiger partial charge in [0.25, 0.3) is 5.91 Å². The maximum Gasteiger partial charge on any atom is 0.276 e. The molecule has 0 aliphatic carbocycles. The third kappa shape index (κ3) is 4.07. The summed E-state index contributed by atoms with van der Waals surface area (Å²) < 4.78 is 11.3. The summed E-state index contributed by atoms with van der Waals surface area (Å²) in [6, 6.07) is 13.0. The number of amides is 1. The third-order valence-electron chi connectivity index (χ3n) is 4.26. The van der Waals surface area contributed by atoms with Gasteiger partial charge < -0.3 is 14.4 Å². The SMILES string of the molecule is COc1cc(/C=C2/C(=O)N(C)C(=S)N2C)ccc1OCc1ccc(Cl)cc1. The van der Waals surface area contributed by atoms with Gasteiger partial charge >= 0.3 is 0 Å². The topological polar surface area (TPSA) is 42.0 Å². The maximum atomic E-state index is 12.3. The molecular weight excluding hydrogens is 384 g/mol.